The van der Waals surface area contributed by atoms with Gasteiger partial charge in [-0.15, -0.1) is 0 Å². The number of carbonyl (C=O) groups is 1. The average molecular weight is 190 g/mol. The zero-order chi connectivity index (χ0) is 9.80. The van der Waals surface area contributed by atoms with Gasteiger partial charge >= 0.3 is 0 Å². The van der Waals surface area contributed by atoms with Crippen LogP contribution in [0, 0.1) is 0 Å². The van der Waals surface area contributed by atoms with E-state index in [0.29, 0.717) is 6.42 Å². The lowest BCUT2D eigenvalue weighted by Gasteiger charge is -2.07. The van der Waals surface area contributed by atoms with Crippen molar-refractivity contribution >= 4 is 5.78 Å². The summed E-state index contributed by atoms with van der Waals surface area (Å²) >= 11 is 0. The molecule has 2 rings (SSSR count). The van der Waals surface area contributed by atoms with Crippen LogP contribution in [0.4, 0.5) is 0 Å². The Morgan fingerprint density at radius 1 is 1.36 bits per heavy atom. The van der Waals surface area contributed by atoms with Crippen LogP contribution in [0.25, 0.3) is 0 Å². The van der Waals surface area contributed by atoms with Crippen LogP contribution in [-0.2, 0) is 16.0 Å². The van der Waals surface area contributed by atoms with Crippen LogP contribution in [0.1, 0.15) is 18.4 Å². The smallest absolute Gasteiger partial charge is 0.165 e. The number of carbonyl (C=O) groups excluding carboxylic acids is 1. The molecular formula is C12H14O2. The second-order valence-electron chi connectivity index (χ2n) is 3.63. The lowest BCUT2D eigenvalue weighted by Crippen LogP contribution is -2.21. The summed E-state index contributed by atoms with van der Waals surface area (Å²) in [6.45, 7) is 0.741. The van der Waals surface area contributed by atoms with Gasteiger partial charge in [0.25, 0.3) is 0 Å². The summed E-state index contributed by atoms with van der Waals surface area (Å²) in [6, 6.07) is 9.83. The third-order valence-corrected chi connectivity index (χ3v) is 2.51. The third-order valence-electron chi connectivity index (χ3n) is 2.51. The van der Waals surface area contributed by atoms with E-state index in [-0.39, 0.29) is 11.9 Å². The molecule has 1 aromatic rings. The molecule has 0 aromatic heterocycles. The zero-order valence-electron chi connectivity index (χ0n) is 8.11. The topological polar surface area (TPSA) is 26.3 Å². The van der Waals surface area contributed by atoms with Crippen molar-refractivity contribution < 1.29 is 9.53 Å². The summed E-state index contributed by atoms with van der Waals surface area (Å²) in [5.41, 5.74) is 1.08. The maximum atomic E-state index is 11.7. The third kappa shape index (κ3) is 2.20. The Balaban J connectivity index is 1.94. The van der Waals surface area contributed by atoms with E-state index >= 15 is 0 Å². The normalized spacial score (nSPS) is 21.0. The van der Waals surface area contributed by atoms with Crippen molar-refractivity contribution in [3.05, 3.63) is 35.9 Å². The van der Waals surface area contributed by atoms with Crippen molar-refractivity contribution in [2.24, 2.45) is 0 Å². The van der Waals surface area contributed by atoms with Gasteiger partial charge in [-0.05, 0) is 18.4 Å². The molecule has 0 spiro atoms. The summed E-state index contributed by atoms with van der Waals surface area (Å²) in [7, 11) is 0. The van der Waals surface area contributed by atoms with Gasteiger partial charge in [-0.25, -0.2) is 0 Å². The quantitative estimate of drug-likeness (QED) is 0.728. The molecule has 0 bridgehead atoms. The molecule has 1 aliphatic rings. The van der Waals surface area contributed by atoms with Crippen molar-refractivity contribution in [2.75, 3.05) is 6.61 Å². The molecule has 0 aliphatic carbocycles. The molecular weight excluding hydrogens is 176 g/mol. The lowest BCUT2D eigenvalue weighted by atomic mass is 10.0. The first-order valence-corrected chi connectivity index (χ1v) is 5.04. The van der Waals surface area contributed by atoms with Crippen LogP contribution >= 0.6 is 0 Å². The second kappa shape index (κ2) is 4.38. The number of benzene rings is 1. The molecule has 1 aliphatic heterocycles. The maximum absolute atomic E-state index is 11.7. The number of ether oxygens (including phenoxy) is 1. The van der Waals surface area contributed by atoms with Crippen molar-refractivity contribution in [2.45, 2.75) is 25.4 Å². The molecule has 0 saturated carbocycles. The zero-order valence-corrected chi connectivity index (χ0v) is 8.11. The van der Waals surface area contributed by atoms with Gasteiger partial charge in [-0.2, -0.15) is 0 Å². The molecule has 14 heavy (non-hydrogen) atoms. The molecule has 1 atom stereocenters. The predicted octanol–water partition coefficient (Wildman–Crippen LogP) is 1.98. The van der Waals surface area contributed by atoms with Gasteiger partial charge in [-0.1, -0.05) is 30.3 Å². The van der Waals surface area contributed by atoms with E-state index < -0.39 is 0 Å². The molecule has 1 saturated heterocycles. The minimum atomic E-state index is -0.143. The van der Waals surface area contributed by atoms with E-state index in [9.17, 15) is 4.79 Å². The van der Waals surface area contributed by atoms with Crippen molar-refractivity contribution in [3.63, 3.8) is 0 Å². The Labute approximate surface area is 83.9 Å². The highest BCUT2D eigenvalue weighted by molar-refractivity contribution is 5.85. The first-order chi connectivity index (χ1) is 6.86. The fraction of sp³-hybridized carbons (Fsp3) is 0.417. The Morgan fingerprint density at radius 2 is 2.14 bits per heavy atom. The monoisotopic (exact) mass is 190 g/mol. The fourth-order valence-electron chi connectivity index (χ4n) is 1.74. The first kappa shape index (κ1) is 9.41. The van der Waals surface area contributed by atoms with Gasteiger partial charge in [0, 0.05) is 13.0 Å². The van der Waals surface area contributed by atoms with Gasteiger partial charge in [-0.3, -0.25) is 4.79 Å². The fourth-order valence-corrected chi connectivity index (χ4v) is 1.74. The molecule has 0 amide bonds. The summed E-state index contributed by atoms with van der Waals surface area (Å²) < 4.78 is 5.34. The van der Waals surface area contributed by atoms with E-state index in [1.54, 1.807) is 0 Å². The van der Waals surface area contributed by atoms with E-state index in [1.807, 2.05) is 30.3 Å². The van der Waals surface area contributed by atoms with Crippen LogP contribution in [-0.4, -0.2) is 18.5 Å². The summed E-state index contributed by atoms with van der Waals surface area (Å²) in [4.78, 5) is 11.7. The molecule has 0 unspecified atom stereocenters. The highest BCUT2D eigenvalue weighted by Crippen LogP contribution is 2.15. The van der Waals surface area contributed by atoms with Crippen LogP contribution in [0.2, 0.25) is 0 Å². The van der Waals surface area contributed by atoms with E-state index in [1.165, 1.54) is 0 Å². The predicted molar refractivity (Wildman–Crippen MR) is 54.1 cm³/mol. The van der Waals surface area contributed by atoms with Gasteiger partial charge in [0.15, 0.2) is 5.78 Å². The lowest BCUT2D eigenvalue weighted by molar-refractivity contribution is -0.127. The van der Waals surface area contributed by atoms with Crippen molar-refractivity contribution in [1.82, 2.24) is 0 Å². The number of hydrogen-bond acceptors (Lipinski definition) is 2. The molecule has 1 fully saturated rings. The standard InChI is InChI=1S/C12H14O2/c13-11(12-7-4-8-14-12)9-10-5-2-1-3-6-10/h1-3,5-6,12H,4,7-9H2/t12-/m1/s1. The van der Waals surface area contributed by atoms with Crippen LogP contribution in [0.15, 0.2) is 30.3 Å². The molecule has 74 valence electrons. The Morgan fingerprint density at radius 3 is 2.79 bits per heavy atom. The second-order valence-corrected chi connectivity index (χ2v) is 3.63. The van der Waals surface area contributed by atoms with Gasteiger partial charge in [0.05, 0.1) is 0 Å². The summed E-state index contributed by atoms with van der Waals surface area (Å²) in [5, 5.41) is 0. The largest absolute Gasteiger partial charge is 0.370 e. The minimum absolute atomic E-state index is 0.143. The van der Waals surface area contributed by atoms with Gasteiger partial charge < -0.3 is 4.74 Å². The molecule has 2 nitrogen and oxygen atoms in total. The Kier molecular flexibility index (Phi) is 2.94. The molecule has 0 radical (unpaired) electrons. The number of rotatable bonds is 3. The van der Waals surface area contributed by atoms with E-state index in [2.05, 4.69) is 0 Å². The summed E-state index contributed by atoms with van der Waals surface area (Å²) in [5.74, 6) is 0.216. The molecule has 1 heterocycles. The van der Waals surface area contributed by atoms with Crippen LogP contribution in [0.5, 0.6) is 0 Å². The van der Waals surface area contributed by atoms with Crippen LogP contribution in [0.3, 0.4) is 0 Å². The highest BCUT2D eigenvalue weighted by atomic mass is 16.5. The first-order valence-electron chi connectivity index (χ1n) is 5.04. The average Bonchev–Trinajstić information content (AvgIpc) is 2.72. The van der Waals surface area contributed by atoms with Crippen LogP contribution < -0.4 is 0 Å². The molecule has 2 heteroatoms. The van der Waals surface area contributed by atoms with E-state index in [4.69, 9.17) is 4.74 Å². The highest BCUT2D eigenvalue weighted by Gasteiger charge is 2.22. The Hall–Kier alpha value is -1.15. The number of hydrogen-bond donors (Lipinski definition) is 0. The van der Waals surface area contributed by atoms with Crippen molar-refractivity contribution in [1.29, 1.82) is 0 Å². The molecule has 1 aromatic carbocycles. The van der Waals surface area contributed by atoms with E-state index in [0.717, 1.165) is 25.0 Å². The SMILES string of the molecule is O=C(Cc1ccccc1)[C@H]1CCCO1. The molecule has 0 N–H and O–H groups in total. The van der Waals surface area contributed by atoms with Gasteiger partial charge in [0.1, 0.15) is 6.10 Å². The van der Waals surface area contributed by atoms with Crippen molar-refractivity contribution in [3.8, 4) is 0 Å². The van der Waals surface area contributed by atoms with Gasteiger partial charge in [0.2, 0.25) is 0 Å². The number of Topliss-reactive ketones (excluding diaryl/α,β-unsaturated/α-hetero) is 1. The Bertz CT molecular complexity index is 299. The summed E-state index contributed by atoms with van der Waals surface area (Å²) in [6.07, 6.45) is 2.28. The number of ketones is 1. The minimum Gasteiger partial charge on any atom is -0.370 e. The maximum Gasteiger partial charge on any atom is 0.165 e.